The van der Waals surface area contributed by atoms with Crippen LogP contribution in [0.1, 0.15) is 0 Å². The minimum absolute atomic E-state index is 0.517. The number of hydrogen-bond donors (Lipinski definition) is 2. The van der Waals surface area contributed by atoms with E-state index in [0.717, 1.165) is 9.86 Å². The Balaban J connectivity index is 2.29. The lowest BCUT2D eigenvalue weighted by Gasteiger charge is -2.04. The highest BCUT2D eigenvalue weighted by Crippen LogP contribution is 2.19. The predicted molar refractivity (Wildman–Crippen MR) is 66.1 cm³/mol. The van der Waals surface area contributed by atoms with E-state index in [0.29, 0.717) is 17.4 Å². The highest BCUT2D eigenvalue weighted by atomic mass is 79.9. The molecule has 0 amide bonds. The number of halogens is 1. The zero-order valence-electron chi connectivity index (χ0n) is 8.85. The molecule has 3 aromatic rings. The van der Waals surface area contributed by atoms with Gasteiger partial charge in [0, 0.05) is 13.2 Å². The topological polar surface area (TPSA) is 84.3 Å². The number of rotatable bonds is 2. The first-order valence-corrected chi connectivity index (χ1v) is 5.66. The Kier molecular flexibility index (Phi) is 2.29. The summed E-state index contributed by atoms with van der Waals surface area (Å²) in [6.45, 7) is 0. The molecule has 0 radical (unpaired) electrons. The SMILES string of the molecule is CNc1nc(-n2cc(Br)cn2)c2cn[nH]c2n1. The first kappa shape index (κ1) is 10.2. The molecule has 3 heterocycles. The van der Waals surface area contributed by atoms with E-state index in [1.165, 1.54) is 0 Å². The molecule has 86 valence electrons. The molecule has 17 heavy (non-hydrogen) atoms. The van der Waals surface area contributed by atoms with Gasteiger partial charge in [0.05, 0.1) is 22.3 Å². The summed E-state index contributed by atoms with van der Waals surface area (Å²) in [7, 11) is 1.76. The number of nitrogens with zero attached hydrogens (tertiary/aromatic N) is 5. The molecule has 3 rings (SSSR count). The van der Waals surface area contributed by atoms with Crippen molar-refractivity contribution in [1.29, 1.82) is 0 Å². The molecule has 0 bridgehead atoms. The fraction of sp³-hybridized carbons (Fsp3) is 0.111. The number of hydrogen-bond acceptors (Lipinski definition) is 5. The van der Waals surface area contributed by atoms with Crippen LogP contribution < -0.4 is 5.32 Å². The van der Waals surface area contributed by atoms with E-state index in [9.17, 15) is 0 Å². The average Bonchev–Trinajstić information content (AvgIpc) is 2.95. The van der Waals surface area contributed by atoms with Crippen LogP contribution in [0.3, 0.4) is 0 Å². The van der Waals surface area contributed by atoms with Gasteiger partial charge in [-0.15, -0.1) is 0 Å². The molecular formula is C9H8BrN7. The summed E-state index contributed by atoms with van der Waals surface area (Å²) < 4.78 is 2.56. The molecule has 3 aromatic heterocycles. The van der Waals surface area contributed by atoms with Crippen LogP contribution in [0.2, 0.25) is 0 Å². The van der Waals surface area contributed by atoms with Crippen molar-refractivity contribution in [3.8, 4) is 5.82 Å². The van der Waals surface area contributed by atoms with E-state index in [1.807, 2.05) is 6.20 Å². The normalized spacial score (nSPS) is 10.9. The third-order valence-corrected chi connectivity index (χ3v) is 2.69. The van der Waals surface area contributed by atoms with Gasteiger partial charge in [-0.05, 0) is 15.9 Å². The van der Waals surface area contributed by atoms with Crippen molar-refractivity contribution < 1.29 is 0 Å². The Hall–Kier alpha value is -1.96. The van der Waals surface area contributed by atoms with Crippen molar-refractivity contribution in [3.63, 3.8) is 0 Å². The number of anilines is 1. The van der Waals surface area contributed by atoms with Gasteiger partial charge in [0.25, 0.3) is 0 Å². The lowest BCUT2D eigenvalue weighted by atomic mass is 10.4. The molecule has 0 saturated heterocycles. The van der Waals surface area contributed by atoms with Gasteiger partial charge in [0.1, 0.15) is 0 Å². The van der Waals surface area contributed by atoms with Crippen LogP contribution in [-0.4, -0.2) is 37.0 Å². The number of H-pyrrole nitrogens is 1. The minimum Gasteiger partial charge on any atom is -0.357 e. The molecular weight excluding hydrogens is 286 g/mol. The van der Waals surface area contributed by atoms with Crippen molar-refractivity contribution >= 4 is 32.9 Å². The zero-order chi connectivity index (χ0) is 11.8. The van der Waals surface area contributed by atoms with E-state index < -0.39 is 0 Å². The maximum absolute atomic E-state index is 4.37. The van der Waals surface area contributed by atoms with E-state index in [1.54, 1.807) is 24.1 Å². The first-order valence-electron chi connectivity index (χ1n) is 4.87. The molecule has 0 fully saturated rings. The monoisotopic (exact) mass is 293 g/mol. The summed E-state index contributed by atoms with van der Waals surface area (Å²) in [4.78, 5) is 8.63. The zero-order valence-corrected chi connectivity index (χ0v) is 10.4. The van der Waals surface area contributed by atoms with Crippen LogP contribution in [0, 0.1) is 0 Å². The van der Waals surface area contributed by atoms with Crippen LogP contribution in [0.25, 0.3) is 16.9 Å². The van der Waals surface area contributed by atoms with Gasteiger partial charge >= 0.3 is 0 Å². The molecule has 0 aliphatic rings. The summed E-state index contributed by atoms with van der Waals surface area (Å²) in [5.74, 6) is 1.20. The number of aromatic nitrogens is 6. The maximum Gasteiger partial charge on any atom is 0.226 e. The molecule has 0 aliphatic heterocycles. The van der Waals surface area contributed by atoms with Crippen molar-refractivity contribution in [3.05, 3.63) is 23.1 Å². The van der Waals surface area contributed by atoms with Crippen LogP contribution >= 0.6 is 15.9 Å². The lowest BCUT2D eigenvalue weighted by Crippen LogP contribution is -2.04. The second kappa shape index (κ2) is 3.81. The number of aromatic amines is 1. The molecule has 0 saturated carbocycles. The predicted octanol–water partition coefficient (Wildman–Crippen LogP) is 1.34. The third-order valence-electron chi connectivity index (χ3n) is 2.28. The fourth-order valence-electron chi connectivity index (χ4n) is 1.52. The molecule has 7 nitrogen and oxygen atoms in total. The Morgan fingerprint density at radius 1 is 1.35 bits per heavy atom. The molecule has 8 heteroatoms. The molecule has 0 unspecified atom stereocenters. The van der Waals surface area contributed by atoms with Crippen molar-refractivity contribution in [1.82, 2.24) is 29.9 Å². The smallest absolute Gasteiger partial charge is 0.226 e. The Morgan fingerprint density at radius 2 is 2.24 bits per heavy atom. The highest BCUT2D eigenvalue weighted by molar-refractivity contribution is 9.10. The Bertz CT molecular complexity index is 671. The fourth-order valence-corrected chi connectivity index (χ4v) is 1.81. The third kappa shape index (κ3) is 1.66. The van der Waals surface area contributed by atoms with Gasteiger partial charge in [0.15, 0.2) is 11.5 Å². The first-order chi connectivity index (χ1) is 8.28. The minimum atomic E-state index is 0.517. The van der Waals surface area contributed by atoms with Gasteiger partial charge in [-0.25, -0.2) is 4.68 Å². The molecule has 0 spiro atoms. The molecule has 0 aromatic carbocycles. The summed E-state index contributed by atoms with van der Waals surface area (Å²) in [6, 6.07) is 0. The summed E-state index contributed by atoms with van der Waals surface area (Å²) in [5.41, 5.74) is 0.672. The van der Waals surface area contributed by atoms with Gasteiger partial charge in [-0.2, -0.15) is 20.2 Å². The van der Waals surface area contributed by atoms with Crippen LogP contribution in [0.5, 0.6) is 0 Å². The van der Waals surface area contributed by atoms with E-state index in [2.05, 4.69) is 46.5 Å². The van der Waals surface area contributed by atoms with Gasteiger partial charge < -0.3 is 5.32 Å². The molecule has 0 atom stereocenters. The van der Waals surface area contributed by atoms with Crippen LogP contribution in [0.15, 0.2) is 23.1 Å². The summed E-state index contributed by atoms with van der Waals surface area (Å²) >= 11 is 3.35. The molecule has 2 N–H and O–H groups in total. The summed E-state index contributed by atoms with van der Waals surface area (Å²) in [5, 5.41) is 14.7. The Morgan fingerprint density at radius 3 is 2.94 bits per heavy atom. The lowest BCUT2D eigenvalue weighted by molar-refractivity contribution is 0.852. The van der Waals surface area contributed by atoms with Gasteiger partial charge in [-0.1, -0.05) is 0 Å². The van der Waals surface area contributed by atoms with E-state index >= 15 is 0 Å². The number of nitrogens with one attached hydrogen (secondary N) is 2. The summed E-state index contributed by atoms with van der Waals surface area (Å²) in [6.07, 6.45) is 5.21. The highest BCUT2D eigenvalue weighted by Gasteiger charge is 2.11. The maximum atomic E-state index is 4.37. The van der Waals surface area contributed by atoms with Crippen LogP contribution in [0.4, 0.5) is 5.95 Å². The second-order valence-electron chi connectivity index (χ2n) is 3.36. The standard InChI is InChI=1S/C9H8BrN7/c1-11-9-14-7-6(3-12-16-7)8(15-9)17-4-5(10)2-13-17/h2-4H,1H3,(H2,11,12,14,15,16). The van der Waals surface area contributed by atoms with E-state index in [-0.39, 0.29) is 0 Å². The van der Waals surface area contributed by atoms with Crippen molar-refractivity contribution in [2.24, 2.45) is 0 Å². The second-order valence-corrected chi connectivity index (χ2v) is 4.27. The van der Waals surface area contributed by atoms with Crippen LogP contribution in [-0.2, 0) is 0 Å². The van der Waals surface area contributed by atoms with Crippen molar-refractivity contribution in [2.45, 2.75) is 0 Å². The van der Waals surface area contributed by atoms with Gasteiger partial charge in [-0.3, -0.25) is 5.10 Å². The van der Waals surface area contributed by atoms with Gasteiger partial charge in [0.2, 0.25) is 5.95 Å². The largest absolute Gasteiger partial charge is 0.357 e. The van der Waals surface area contributed by atoms with Crippen molar-refractivity contribution in [2.75, 3.05) is 12.4 Å². The number of fused-ring (bicyclic) bond motifs is 1. The Labute approximate surface area is 104 Å². The van der Waals surface area contributed by atoms with E-state index in [4.69, 9.17) is 0 Å². The molecule has 0 aliphatic carbocycles. The quantitative estimate of drug-likeness (QED) is 0.745. The average molecular weight is 294 g/mol.